The van der Waals surface area contributed by atoms with E-state index >= 15 is 0 Å². The summed E-state index contributed by atoms with van der Waals surface area (Å²) in [6.07, 6.45) is -4.23. The molecule has 0 fully saturated rings. The Labute approximate surface area is 123 Å². The van der Waals surface area contributed by atoms with Crippen LogP contribution in [0.25, 0.3) is 0 Å². The minimum Gasteiger partial charge on any atom is -0.370 e. The molecular formula is C14H23F3N4. The average molecular weight is 304 g/mol. The highest BCUT2D eigenvalue weighted by molar-refractivity contribution is 5.47. The van der Waals surface area contributed by atoms with Gasteiger partial charge in [0.2, 0.25) is 0 Å². The summed E-state index contributed by atoms with van der Waals surface area (Å²) in [4.78, 5) is 8.77. The number of halogens is 3. The van der Waals surface area contributed by atoms with Crippen LogP contribution in [0.3, 0.4) is 0 Å². The maximum absolute atomic E-state index is 12.0. The van der Waals surface area contributed by atoms with Crippen molar-refractivity contribution in [3.05, 3.63) is 11.9 Å². The second-order valence-corrected chi connectivity index (χ2v) is 5.18. The van der Waals surface area contributed by atoms with E-state index < -0.39 is 12.6 Å². The quantitative estimate of drug-likeness (QED) is 0.708. The van der Waals surface area contributed by atoms with Crippen molar-refractivity contribution >= 4 is 11.6 Å². The Bertz CT molecular complexity index is 433. The van der Waals surface area contributed by atoms with Crippen LogP contribution < -0.4 is 10.6 Å². The third kappa shape index (κ3) is 7.15. The Kier molecular flexibility index (Phi) is 6.71. The molecular weight excluding hydrogens is 281 g/mol. The van der Waals surface area contributed by atoms with Gasteiger partial charge in [-0.05, 0) is 19.8 Å². The molecule has 7 heteroatoms. The molecule has 1 aromatic rings. The Morgan fingerprint density at radius 2 is 1.71 bits per heavy atom. The van der Waals surface area contributed by atoms with Crippen LogP contribution in [0.2, 0.25) is 0 Å². The molecule has 1 aromatic heterocycles. The number of unbranched alkanes of at least 4 members (excludes halogenated alkanes) is 1. The Morgan fingerprint density at radius 3 is 2.24 bits per heavy atom. The van der Waals surface area contributed by atoms with E-state index in [1.165, 1.54) is 0 Å². The molecule has 0 aliphatic rings. The highest BCUT2D eigenvalue weighted by atomic mass is 19.4. The molecule has 0 amide bonds. The zero-order valence-electron chi connectivity index (χ0n) is 12.7. The van der Waals surface area contributed by atoms with Gasteiger partial charge in [0.25, 0.3) is 0 Å². The largest absolute Gasteiger partial charge is 0.389 e. The van der Waals surface area contributed by atoms with Crippen LogP contribution >= 0.6 is 0 Å². The Balaban J connectivity index is 2.53. The third-order valence-electron chi connectivity index (χ3n) is 2.81. The van der Waals surface area contributed by atoms with Crippen molar-refractivity contribution in [2.45, 2.75) is 52.1 Å². The van der Waals surface area contributed by atoms with Gasteiger partial charge in [-0.15, -0.1) is 0 Å². The topological polar surface area (TPSA) is 49.8 Å². The van der Waals surface area contributed by atoms with E-state index in [4.69, 9.17) is 0 Å². The molecule has 0 aliphatic heterocycles. The normalized spacial score (nSPS) is 11.8. The van der Waals surface area contributed by atoms with Gasteiger partial charge in [-0.1, -0.05) is 13.8 Å². The highest BCUT2D eigenvalue weighted by Gasteiger charge is 2.25. The number of nitrogens with zero attached hydrogens (tertiary/aromatic N) is 2. The summed E-state index contributed by atoms with van der Waals surface area (Å²) in [6, 6.07) is 1.78. The van der Waals surface area contributed by atoms with E-state index in [9.17, 15) is 13.2 Å². The molecule has 0 atom stereocenters. The number of rotatable bonds is 8. The number of anilines is 2. The monoisotopic (exact) mass is 304 g/mol. The Hall–Kier alpha value is -1.53. The van der Waals surface area contributed by atoms with Crippen LogP contribution in [0.5, 0.6) is 0 Å². The smallest absolute Gasteiger partial charge is 0.370 e. The standard InChI is InChI=1S/C14H23F3N4/c1-4-18-11-9-12(21-13(20-11)10(2)3)19-8-6-5-7-14(15,16)17/h9-10H,4-8H2,1-3H3,(H2,18,19,20,21). The van der Waals surface area contributed by atoms with Gasteiger partial charge in [0, 0.05) is 31.5 Å². The molecule has 1 rings (SSSR count). The molecule has 120 valence electrons. The molecule has 0 radical (unpaired) electrons. The predicted octanol–water partition coefficient (Wildman–Crippen LogP) is 4.18. The predicted molar refractivity (Wildman–Crippen MR) is 78.7 cm³/mol. The fraction of sp³-hybridized carbons (Fsp3) is 0.714. The number of nitrogens with one attached hydrogen (secondary N) is 2. The molecule has 0 spiro atoms. The number of hydrogen-bond donors (Lipinski definition) is 2. The fourth-order valence-corrected chi connectivity index (χ4v) is 1.75. The SMILES string of the molecule is CCNc1cc(NCCCCC(F)(F)F)nc(C(C)C)n1. The number of alkyl halides is 3. The van der Waals surface area contributed by atoms with E-state index in [1.54, 1.807) is 6.07 Å². The number of hydrogen-bond acceptors (Lipinski definition) is 4. The molecule has 2 N–H and O–H groups in total. The molecule has 4 nitrogen and oxygen atoms in total. The summed E-state index contributed by atoms with van der Waals surface area (Å²) < 4.78 is 36.1. The Morgan fingerprint density at radius 1 is 1.10 bits per heavy atom. The second-order valence-electron chi connectivity index (χ2n) is 5.18. The lowest BCUT2D eigenvalue weighted by atomic mass is 10.2. The summed E-state index contributed by atoms with van der Waals surface area (Å²) in [7, 11) is 0. The van der Waals surface area contributed by atoms with Gasteiger partial charge < -0.3 is 10.6 Å². The zero-order valence-corrected chi connectivity index (χ0v) is 12.7. The van der Waals surface area contributed by atoms with Crippen molar-refractivity contribution in [3.63, 3.8) is 0 Å². The number of aromatic nitrogens is 2. The minimum atomic E-state index is -4.07. The second kappa shape index (κ2) is 8.05. The third-order valence-corrected chi connectivity index (χ3v) is 2.81. The summed E-state index contributed by atoms with van der Waals surface area (Å²) >= 11 is 0. The van der Waals surface area contributed by atoms with E-state index in [1.807, 2.05) is 20.8 Å². The highest BCUT2D eigenvalue weighted by Crippen LogP contribution is 2.22. The summed E-state index contributed by atoms with van der Waals surface area (Å²) in [5, 5.41) is 6.19. The van der Waals surface area contributed by atoms with Crippen molar-refractivity contribution in [2.24, 2.45) is 0 Å². The van der Waals surface area contributed by atoms with E-state index in [-0.39, 0.29) is 12.3 Å². The van der Waals surface area contributed by atoms with Gasteiger partial charge in [-0.3, -0.25) is 0 Å². The van der Waals surface area contributed by atoms with Gasteiger partial charge >= 0.3 is 6.18 Å². The van der Waals surface area contributed by atoms with E-state index in [0.29, 0.717) is 24.6 Å². The van der Waals surface area contributed by atoms with Gasteiger partial charge in [-0.2, -0.15) is 13.2 Å². The molecule has 0 saturated heterocycles. The van der Waals surface area contributed by atoms with Gasteiger partial charge in [0.15, 0.2) is 0 Å². The zero-order chi connectivity index (χ0) is 15.9. The molecule has 0 unspecified atom stereocenters. The lowest BCUT2D eigenvalue weighted by Gasteiger charge is -2.12. The molecule has 0 aliphatic carbocycles. The van der Waals surface area contributed by atoms with Crippen LogP contribution in [-0.4, -0.2) is 29.2 Å². The molecule has 0 aromatic carbocycles. The first kappa shape index (κ1) is 17.5. The van der Waals surface area contributed by atoms with Crippen LogP contribution in [-0.2, 0) is 0 Å². The first-order chi connectivity index (χ1) is 9.81. The van der Waals surface area contributed by atoms with Crippen molar-refractivity contribution in [3.8, 4) is 0 Å². The average Bonchev–Trinajstić information content (AvgIpc) is 2.37. The van der Waals surface area contributed by atoms with Crippen molar-refractivity contribution in [1.29, 1.82) is 0 Å². The van der Waals surface area contributed by atoms with Crippen molar-refractivity contribution in [1.82, 2.24) is 9.97 Å². The van der Waals surface area contributed by atoms with Crippen LogP contribution in [0.4, 0.5) is 24.8 Å². The van der Waals surface area contributed by atoms with E-state index in [2.05, 4.69) is 20.6 Å². The van der Waals surface area contributed by atoms with Gasteiger partial charge in [0.05, 0.1) is 0 Å². The molecule has 0 saturated carbocycles. The van der Waals surface area contributed by atoms with E-state index in [0.717, 1.165) is 12.4 Å². The first-order valence-corrected chi connectivity index (χ1v) is 7.25. The molecule has 1 heterocycles. The van der Waals surface area contributed by atoms with Gasteiger partial charge in [0.1, 0.15) is 17.5 Å². The summed E-state index contributed by atoms with van der Waals surface area (Å²) in [5.74, 6) is 2.28. The fourth-order valence-electron chi connectivity index (χ4n) is 1.75. The maximum Gasteiger partial charge on any atom is 0.389 e. The van der Waals surface area contributed by atoms with Gasteiger partial charge in [-0.25, -0.2) is 9.97 Å². The lowest BCUT2D eigenvalue weighted by Crippen LogP contribution is -2.11. The summed E-state index contributed by atoms with van der Waals surface area (Å²) in [5.41, 5.74) is 0. The summed E-state index contributed by atoms with van der Waals surface area (Å²) in [6.45, 7) is 7.19. The van der Waals surface area contributed by atoms with Crippen molar-refractivity contribution < 1.29 is 13.2 Å². The molecule has 0 bridgehead atoms. The van der Waals surface area contributed by atoms with Crippen molar-refractivity contribution in [2.75, 3.05) is 23.7 Å². The lowest BCUT2D eigenvalue weighted by molar-refractivity contribution is -0.135. The van der Waals surface area contributed by atoms with Crippen LogP contribution in [0.1, 0.15) is 51.8 Å². The minimum absolute atomic E-state index is 0.124. The first-order valence-electron chi connectivity index (χ1n) is 7.25. The van der Waals surface area contributed by atoms with Crippen LogP contribution in [0, 0.1) is 0 Å². The maximum atomic E-state index is 12.0. The molecule has 21 heavy (non-hydrogen) atoms. The van der Waals surface area contributed by atoms with Crippen LogP contribution in [0.15, 0.2) is 6.07 Å².